The topological polar surface area (TPSA) is 60.4 Å². The molecule has 0 N–H and O–H groups in total. The Balaban J connectivity index is 2.37. The van der Waals surface area contributed by atoms with Gasteiger partial charge in [-0.2, -0.15) is 0 Å². The Morgan fingerprint density at radius 2 is 2.25 bits per heavy atom. The zero-order chi connectivity index (χ0) is 9.19. The second-order valence-corrected chi connectivity index (χ2v) is 5.58. The van der Waals surface area contributed by atoms with Crippen molar-refractivity contribution in [3.05, 3.63) is 0 Å². The number of rotatable bonds is 3. The van der Waals surface area contributed by atoms with Gasteiger partial charge in [0.2, 0.25) is 9.05 Å². The van der Waals surface area contributed by atoms with Gasteiger partial charge in [-0.05, 0) is 12.8 Å². The lowest BCUT2D eigenvalue weighted by Crippen LogP contribution is -2.11. The molecular weight excluding hydrogens is 204 g/mol. The number of hydrogen-bond donors (Lipinski definition) is 0. The van der Waals surface area contributed by atoms with Gasteiger partial charge in [0.25, 0.3) is 0 Å². The van der Waals surface area contributed by atoms with Crippen molar-refractivity contribution < 1.29 is 17.9 Å². The summed E-state index contributed by atoms with van der Waals surface area (Å²) >= 11 is 0. The van der Waals surface area contributed by atoms with Gasteiger partial charge in [-0.15, -0.1) is 0 Å². The third kappa shape index (κ3) is 2.98. The van der Waals surface area contributed by atoms with E-state index >= 15 is 0 Å². The lowest BCUT2D eigenvalue weighted by molar-refractivity contribution is -0.141. The number of ether oxygens (including phenoxy) is 1. The Morgan fingerprint density at radius 1 is 1.58 bits per heavy atom. The number of hydrogen-bond acceptors (Lipinski definition) is 4. The largest absolute Gasteiger partial charge is 0.465 e. The maximum absolute atomic E-state index is 10.8. The van der Waals surface area contributed by atoms with Gasteiger partial charge in [0.05, 0.1) is 18.3 Å². The van der Waals surface area contributed by atoms with Crippen molar-refractivity contribution >= 4 is 25.7 Å². The van der Waals surface area contributed by atoms with Crippen LogP contribution in [0.25, 0.3) is 0 Å². The van der Waals surface area contributed by atoms with E-state index in [-0.39, 0.29) is 24.1 Å². The molecule has 0 unspecified atom stereocenters. The fraction of sp³-hybridized carbons (Fsp3) is 0.833. The third-order valence-corrected chi connectivity index (χ3v) is 2.94. The first kappa shape index (κ1) is 9.80. The SMILES string of the molecule is O=C1OCC[C@H]1CCS(=O)(=O)Cl. The molecule has 12 heavy (non-hydrogen) atoms. The molecular formula is C6H9ClO4S. The van der Waals surface area contributed by atoms with Crippen molar-refractivity contribution in [2.75, 3.05) is 12.4 Å². The summed E-state index contributed by atoms with van der Waals surface area (Å²) in [5.74, 6) is -0.747. The van der Waals surface area contributed by atoms with Crippen LogP contribution in [-0.2, 0) is 18.6 Å². The number of halogens is 1. The maximum atomic E-state index is 10.8. The minimum absolute atomic E-state index is 0.158. The number of carbonyl (C=O) groups excluding carboxylic acids is 1. The zero-order valence-electron chi connectivity index (χ0n) is 6.32. The molecule has 0 aromatic heterocycles. The van der Waals surface area contributed by atoms with Crippen LogP contribution in [0, 0.1) is 5.92 Å². The van der Waals surface area contributed by atoms with E-state index in [1.165, 1.54) is 0 Å². The van der Waals surface area contributed by atoms with E-state index in [9.17, 15) is 13.2 Å². The third-order valence-electron chi connectivity index (χ3n) is 1.75. The van der Waals surface area contributed by atoms with Gasteiger partial charge in [-0.25, -0.2) is 8.42 Å². The molecule has 1 heterocycles. The van der Waals surface area contributed by atoms with Gasteiger partial charge in [0.15, 0.2) is 0 Å². The van der Waals surface area contributed by atoms with Crippen LogP contribution in [-0.4, -0.2) is 26.7 Å². The van der Waals surface area contributed by atoms with Crippen molar-refractivity contribution in [2.45, 2.75) is 12.8 Å². The van der Waals surface area contributed by atoms with Crippen LogP contribution in [0.3, 0.4) is 0 Å². The van der Waals surface area contributed by atoms with Crippen LogP contribution in [0.1, 0.15) is 12.8 Å². The zero-order valence-corrected chi connectivity index (χ0v) is 7.90. The van der Waals surface area contributed by atoms with Gasteiger partial charge in [0.1, 0.15) is 0 Å². The summed E-state index contributed by atoms with van der Waals surface area (Å²) in [4.78, 5) is 10.8. The van der Waals surface area contributed by atoms with E-state index in [4.69, 9.17) is 10.7 Å². The minimum atomic E-state index is -3.47. The van der Waals surface area contributed by atoms with E-state index in [0.29, 0.717) is 13.0 Å². The molecule has 0 saturated carbocycles. The van der Waals surface area contributed by atoms with Crippen molar-refractivity contribution in [1.29, 1.82) is 0 Å². The molecule has 70 valence electrons. The second kappa shape index (κ2) is 3.62. The molecule has 1 fully saturated rings. The summed E-state index contributed by atoms with van der Waals surface area (Å²) in [7, 11) is 1.51. The van der Waals surface area contributed by atoms with E-state index in [1.807, 2.05) is 0 Å². The molecule has 1 saturated heterocycles. The average Bonchev–Trinajstić information content (AvgIpc) is 2.29. The van der Waals surface area contributed by atoms with E-state index in [0.717, 1.165) is 0 Å². The summed E-state index contributed by atoms with van der Waals surface area (Å²) < 4.78 is 25.7. The molecule has 1 aliphatic heterocycles. The summed E-state index contributed by atoms with van der Waals surface area (Å²) in [6.45, 7) is 0.395. The van der Waals surface area contributed by atoms with E-state index in [1.54, 1.807) is 0 Å². The molecule has 0 aromatic rings. The van der Waals surface area contributed by atoms with Crippen molar-refractivity contribution in [1.82, 2.24) is 0 Å². The van der Waals surface area contributed by atoms with Crippen LogP contribution >= 0.6 is 10.7 Å². The standard InChI is InChI=1S/C6H9ClO4S/c7-12(9,10)4-2-5-1-3-11-6(5)8/h5H,1-4H2/t5-/m0/s1. The highest BCUT2D eigenvalue weighted by Crippen LogP contribution is 2.19. The first-order chi connectivity index (χ1) is 5.49. The number of cyclic esters (lactones) is 1. The van der Waals surface area contributed by atoms with Crippen molar-refractivity contribution in [3.8, 4) is 0 Å². The van der Waals surface area contributed by atoms with Gasteiger partial charge in [-0.3, -0.25) is 4.79 Å². The Morgan fingerprint density at radius 3 is 2.67 bits per heavy atom. The normalized spacial score (nSPS) is 24.1. The van der Waals surface area contributed by atoms with Crippen molar-refractivity contribution in [2.24, 2.45) is 5.92 Å². The first-order valence-electron chi connectivity index (χ1n) is 3.58. The molecule has 0 radical (unpaired) electrons. The maximum Gasteiger partial charge on any atom is 0.309 e. The fourth-order valence-corrected chi connectivity index (χ4v) is 1.92. The summed E-state index contributed by atoms with van der Waals surface area (Å²) in [5.41, 5.74) is 0. The van der Waals surface area contributed by atoms with Gasteiger partial charge in [0, 0.05) is 10.7 Å². The number of esters is 1. The number of carbonyl (C=O) groups is 1. The second-order valence-electron chi connectivity index (χ2n) is 2.68. The highest BCUT2D eigenvalue weighted by Gasteiger charge is 2.27. The van der Waals surface area contributed by atoms with Gasteiger partial charge in [-0.1, -0.05) is 0 Å². The Kier molecular flexibility index (Phi) is 2.95. The van der Waals surface area contributed by atoms with Crippen LogP contribution in [0.5, 0.6) is 0 Å². The smallest absolute Gasteiger partial charge is 0.309 e. The molecule has 1 rings (SSSR count). The summed E-state index contributed by atoms with van der Waals surface area (Å²) in [6, 6.07) is 0. The summed E-state index contributed by atoms with van der Waals surface area (Å²) in [5, 5.41) is 0. The molecule has 0 spiro atoms. The molecule has 0 bridgehead atoms. The predicted octanol–water partition coefficient (Wildman–Crippen LogP) is 0.508. The lowest BCUT2D eigenvalue weighted by atomic mass is 10.1. The molecule has 0 aromatic carbocycles. The quantitative estimate of drug-likeness (QED) is 0.505. The molecule has 6 heteroatoms. The highest BCUT2D eigenvalue weighted by molar-refractivity contribution is 8.13. The predicted molar refractivity (Wildman–Crippen MR) is 43.3 cm³/mol. The highest BCUT2D eigenvalue weighted by atomic mass is 35.7. The average molecular weight is 213 g/mol. The Labute approximate surface area is 75.3 Å². The molecule has 4 nitrogen and oxygen atoms in total. The van der Waals surface area contributed by atoms with Crippen LogP contribution in [0.15, 0.2) is 0 Å². The Hall–Kier alpha value is -0.290. The molecule has 0 aliphatic carbocycles. The van der Waals surface area contributed by atoms with Gasteiger partial charge >= 0.3 is 5.97 Å². The minimum Gasteiger partial charge on any atom is -0.465 e. The lowest BCUT2D eigenvalue weighted by Gasteiger charge is -2.01. The molecule has 0 amide bonds. The van der Waals surface area contributed by atoms with Gasteiger partial charge < -0.3 is 4.74 Å². The Bertz CT molecular complexity index is 271. The first-order valence-corrected chi connectivity index (χ1v) is 6.06. The fourth-order valence-electron chi connectivity index (χ4n) is 1.08. The van der Waals surface area contributed by atoms with Crippen LogP contribution in [0.2, 0.25) is 0 Å². The molecule has 1 atom stereocenters. The summed E-state index contributed by atoms with van der Waals surface area (Å²) in [6.07, 6.45) is 0.871. The van der Waals surface area contributed by atoms with E-state index in [2.05, 4.69) is 4.74 Å². The van der Waals surface area contributed by atoms with Crippen molar-refractivity contribution in [3.63, 3.8) is 0 Å². The van der Waals surface area contributed by atoms with E-state index < -0.39 is 9.05 Å². The van der Waals surface area contributed by atoms with Crippen LogP contribution in [0.4, 0.5) is 0 Å². The molecule has 1 aliphatic rings. The monoisotopic (exact) mass is 212 g/mol. The van der Waals surface area contributed by atoms with Crippen LogP contribution < -0.4 is 0 Å².